The molecule has 1 saturated heterocycles. The average Bonchev–Trinajstić information content (AvgIpc) is 3.45. The van der Waals surface area contributed by atoms with Crippen LogP contribution in [-0.2, 0) is 16.1 Å². The predicted octanol–water partition coefficient (Wildman–Crippen LogP) is 2.23. The Balaban J connectivity index is 1.81. The molecule has 1 fully saturated rings. The minimum absolute atomic E-state index is 0.00653. The van der Waals surface area contributed by atoms with Gasteiger partial charge in [-0.25, -0.2) is 4.57 Å². The zero-order valence-corrected chi connectivity index (χ0v) is 18.4. The van der Waals surface area contributed by atoms with Gasteiger partial charge in [0.15, 0.2) is 11.5 Å². The van der Waals surface area contributed by atoms with E-state index in [2.05, 4.69) is 9.97 Å². The molecule has 1 aliphatic heterocycles. The number of methoxy groups -OCH3 is 2. The summed E-state index contributed by atoms with van der Waals surface area (Å²) in [5.41, 5.74) is 0.964. The molecule has 2 N–H and O–H groups in total. The highest BCUT2D eigenvalue weighted by Crippen LogP contribution is 2.45. The first-order chi connectivity index (χ1) is 16.1. The van der Waals surface area contributed by atoms with Crippen LogP contribution in [0.15, 0.2) is 67.0 Å². The van der Waals surface area contributed by atoms with Crippen molar-refractivity contribution in [1.82, 2.24) is 14.9 Å². The number of imidazole rings is 1. The highest BCUT2D eigenvalue weighted by Gasteiger charge is 2.47. The summed E-state index contributed by atoms with van der Waals surface area (Å²) in [7, 11) is 3.02. The van der Waals surface area contributed by atoms with Gasteiger partial charge < -0.3 is 19.5 Å². The molecule has 0 radical (unpaired) electrons. The van der Waals surface area contributed by atoms with Gasteiger partial charge in [0.05, 0.1) is 32.4 Å². The van der Waals surface area contributed by atoms with Gasteiger partial charge in [-0.2, -0.15) is 0 Å². The van der Waals surface area contributed by atoms with E-state index < -0.39 is 17.7 Å². The van der Waals surface area contributed by atoms with Gasteiger partial charge in [-0.05, 0) is 18.2 Å². The fraction of sp³-hybridized carbons (Fsp3) is 0.250. The zero-order chi connectivity index (χ0) is 23.4. The maximum absolute atomic E-state index is 13.2. The summed E-state index contributed by atoms with van der Waals surface area (Å²) in [6.07, 6.45) is 9.15. The van der Waals surface area contributed by atoms with Gasteiger partial charge >= 0.3 is 0 Å². The van der Waals surface area contributed by atoms with Crippen molar-refractivity contribution in [3.63, 3.8) is 0 Å². The minimum atomic E-state index is -0.834. The summed E-state index contributed by atoms with van der Waals surface area (Å²) in [6, 6.07) is 7.61. The minimum Gasteiger partial charge on any atom is -0.507 e. The number of para-hydroxylation sites is 1. The molecule has 1 unspecified atom stereocenters. The summed E-state index contributed by atoms with van der Waals surface area (Å²) >= 11 is 0. The van der Waals surface area contributed by atoms with Crippen molar-refractivity contribution >= 4 is 17.4 Å². The molecule has 1 amide bonds. The molecule has 3 aromatic rings. The maximum Gasteiger partial charge on any atom is 0.295 e. The fourth-order valence-corrected chi connectivity index (χ4v) is 4.11. The summed E-state index contributed by atoms with van der Waals surface area (Å²) in [5, 5.41) is 11.1. The van der Waals surface area contributed by atoms with Gasteiger partial charge in [-0.15, -0.1) is 0 Å². The van der Waals surface area contributed by atoms with Crippen molar-refractivity contribution in [3.05, 3.63) is 78.1 Å². The van der Waals surface area contributed by atoms with Crippen LogP contribution in [0.5, 0.6) is 11.5 Å². The molecular weight excluding hydrogens is 424 g/mol. The molecule has 0 bridgehead atoms. The molecule has 1 atom stereocenters. The van der Waals surface area contributed by atoms with Crippen molar-refractivity contribution < 1.29 is 28.7 Å². The smallest absolute Gasteiger partial charge is 0.295 e. The highest BCUT2D eigenvalue weighted by molar-refractivity contribution is 6.46. The van der Waals surface area contributed by atoms with E-state index in [1.165, 1.54) is 31.5 Å². The number of aromatic amines is 1. The first kappa shape index (κ1) is 22.1. The molecule has 9 heteroatoms. The summed E-state index contributed by atoms with van der Waals surface area (Å²) in [6.45, 7) is 0.958. The normalized spacial score (nSPS) is 17.4. The number of hydrogen-bond acceptors (Lipinski definition) is 6. The Kier molecular flexibility index (Phi) is 6.39. The van der Waals surface area contributed by atoms with Crippen molar-refractivity contribution in [3.8, 4) is 11.5 Å². The Hall–Kier alpha value is -4.14. The number of H-pyrrole nitrogens is 1. The van der Waals surface area contributed by atoms with Gasteiger partial charge in [0.25, 0.3) is 11.7 Å². The van der Waals surface area contributed by atoms with E-state index in [0.29, 0.717) is 42.1 Å². The molecular formula is C24H25N4O5+. The lowest BCUT2D eigenvalue weighted by molar-refractivity contribution is -0.695. The van der Waals surface area contributed by atoms with Crippen LogP contribution in [0.3, 0.4) is 0 Å². The standard InChI is InChI=1S/C24H24N4O5/c1-32-18-6-3-5-17(23(18)33-2)20-19(21(29)16-7-9-25-10-8-16)22(30)24(31)28(20)13-4-12-27-14-11-26-15-27/h3,5-11,14-15,20H,4,12-13H2,1-2H3,(H,29,30)/p+1. The molecule has 0 saturated carbocycles. The molecule has 1 aliphatic rings. The van der Waals surface area contributed by atoms with Crippen molar-refractivity contribution in [2.45, 2.75) is 19.0 Å². The second kappa shape index (κ2) is 9.56. The lowest BCUT2D eigenvalue weighted by atomic mass is 9.94. The Morgan fingerprint density at radius 3 is 2.64 bits per heavy atom. The number of nitrogens with one attached hydrogen (secondary N) is 1. The molecule has 0 spiro atoms. The summed E-state index contributed by atoms with van der Waals surface area (Å²) in [5.74, 6) is -0.800. The van der Waals surface area contributed by atoms with E-state index in [1.54, 1.807) is 30.3 Å². The largest absolute Gasteiger partial charge is 0.507 e. The van der Waals surface area contributed by atoms with Crippen LogP contribution < -0.4 is 14.0 Å². The van der Waals surface area contributed by atoms with Crippen LogP contribution in [0.25, 0.3) is 5.76 Å². The van der Waals surface area contributed by atoms with Gasteiger partial charge in [-0.3, -0.25) is 19.6 Å². The van der Waals surface area contributed by atoms with Crippen LogP contribution in [0.4, 0.5) is 0 Å². The van der Waals surface area contributed by atoms with Crippen LogP contribution in [-0.4, -0.2) is 52.4 Å². The third-order valence-corrected chi connectivity index (χ3v) is 5.64. The van der Waals surface area contributed by atoms with E-state index in [0.717, 1.165) is 0 Å². The number of rotatable bonds is 8. The number of ketones is 1. The number of ether oxygens (including phenoxy) is 2. The summed E-state index contributed by atoms with van der Waals surface area (Å²) in [4.78, 5) is 34.7. The number of benzene rings is 1. The highest BCUT2D eigenvalue weighted by atomic mass is 16.5. The molecule has 2 aromatic heterocycles. The van der Waals surface area contributed by atoms with Crippen LogP contribution >= 0.6 is 0 Å². The third-order valence-electron chi connectivity index (χ3n) is 5.64. The molecule has 170 valence electrons. The lowest BCUT2D eigenvalue weighted by Gasteiger charge is -2.27. The number of carbonyl (C=O) groups is 2. The van der Waals surface area contributed by atoms with Crippen LogP contribution in [0.2, 0.25) is 0 Å². The summed E-state index contributed by atoms with van der Waals surface area (Å²) < 4.78 is 13.0. The van der Waals surface area contributed by atoms with Gasteiger partial charge in [0, 0.05) is 36.5 Å². The lowest BCUT2D eigenvalue weighted by Crippen LogP contribution is -2.36. The predicted molar refractivity (Wildman–Crippen MR) is 118 cm³/mol. The SMILES string of the molecule is COc1cccc(C2C(=C(O)c3ccncc3)C(=O)C(=O)N2CCC[n+]2cc[nH]c2)c1OC. The van der Waals surface area contributed by atoms with Gasteiger partial charge in [0.2, 0.25) is 6.33 Å². The number of aliphatic hydroxyl groups is 1. The van der Waals surface area contributed by atoms with Crippen molar-refractivity contribution in [2.24, 2.45) is 0 Å². The van der Waals surface area contributed by atoms with Crippen LogP contribution in [0, 0.1) is 0 Å². The molecule has 3 heterocycles. The monoisotopic (exact) mass is 449 g/mol. The number of amides is 1. The second-order valence-electron chi connectivity index (χ2n) is 7.51. The van der Waals surface area contributed by atoms with E-state index in [1.807, 2.05) is 23.3 Å². The van der Waals surface area contributed by atoms with Crippen molar-refractivity contribution in [1.29, 1.82) is 0 Å². The number of nitrogens with zero attached hydrogens (tertiary/aromatic N) is 3. The quantitative estimate of drug-likeness (QED) is 0.236. The topological polar surface area (TPSA) is 109 Å². The average molecular weight is 449 g/mol. The van der Waals surface area contributed by atoms with E-state index >= 15 is 0 Å². The second-order valence-corrected chi connectivity index (χ2v) is 7.51. The molecule has 9 nitrogen and oxygen atoms in total. The van der Waals surface area contributed by atoms with Crippen molar-refractivity contribution in [2.75, 3.05) is 20.8 Å². The van der Waals surface area contributed by atoms with E-state index in [4.69, 9.17) is 9.47 Å². The van der Waals surface area contributed by atoms with Gasteiger partial charge in [-0.1, -0.05) is 12.1 Å². The number of hydrogen-bond donors (Lipinski definition) is 2. The number of pyridine rings is 1. The Morgan fingerprint density at radius 2 is 1.97 bits per heavy atom. The van der Waals surface area contributed by atoms with Crippen LogP contribution in [0.1, 0.15) is 23.6 Å². The Labute approximate surface area is 190 Å². The zero-order valence-electron chi connectivity index (χ0n) is 18.4. The third kappa shape index (κ3) is 4.17. The molecule has 33 heavy (non-hydrogen) atoms. The number of aliphatic hydroxyl groups excluding tert-OH is 1. The maximum atomic E-state index is 13.2. The van der Waals surface area contributed by atoms with E-state index in [9.17, 15) is 14.7 Å². The Bertz CT molecular complexity index is 1170. The molecule has 4 rings (SSSR count). The number of likely N-dealkylation sites (tertiary alicyclic amines) is 1. The first-order valence-corrected chi connectivity index (χ1v) is 10.5. The van der Waals surface area contributed by atoms with E-state index in [-0.39, 0.29) is 11.3 Å². The first-order valence-electron chi connectivity index (χ1n) is 10.5. The molecule has 1 aromatic carbocycles. The number of aryl methyl sites for hydroxylation is 1. The van der Waals surface area contributed by atoms with Gasteiger partial charge in [0.1, 0.15) is 18.2 Å². The number of Topliss-reactive ketones (excluding diaryl/α,β-unsaturated/α-hetero) is 1. The number of aromatic nitrogens is 3. The Morgan fingerprint density at radius 1 is 1.18 bits per heavy atom. The fourth-order valence-electron chi connectivity index (χ4n) is 4.11. The number of carbonyl (C=O) groups excluding carboxylic acids is 2. The molecule has 0 aliphatic carbocycles.